The van der Waals surface area contributed by atoms with E-state index >= 15 is 0 Å². The number of hydrogen-bond acceptors (Lipinski definition) is 4. The second-order valence-corrected chi connectivity index (χ2v) is 5.75. The molecule has 6 heteroatoms. The lowest BCUT2D eigenvalue weighted by atomic mass is 9.79. The molecule has 2 heterocycles. The molecule has 0 unspecified atom stereocenters. The van der Waals surface area contributed by atoms with Crippen LogP contribution in [0.15, 0.2) is 54.7 Å². The number of aromatic nitrogens is 1. The molecule has 0 bridgehead atoms. The van der Waals surface area contributed by atoms with Crippen molar-refractivity contribution in [1.82, 2.24) is 10.3 Å². The lowest BCUT2D eigenvalue weighted by molar-refractivity contribution is 0.0951. The van der Waals surface area contributed by atoms with Crippen LogP contribution in [0, 0.1) is 0 Å². The Morgan fingerprint density at radius 3 is 3.08 bits per heavy atom. The summed E-state index contributed by atoms with van der Waals surface area (Å²) in [6, 6.07) is 15.0. The average Bonchev–Trinajstić information content (AvgIpc) is 3.00. The van der Waals surface area contributed by atoms with E-state index in [1.807, 2.05) is 36.4 Å². The average molecular weight is 318 g/mol. The third kappa shape index (κ3) is 2.66. The predicted molar refractivity (Wildman–Crippen MR) is 91.8 cm³/mol. The highest BCUT2D eigenvalue weighted by Crippen LogP contribution is 2.16. The first-order valence-electron chi connectivity index (χ1n) is 7.76. The number of rotatable bonds is 3. The third-order valence-electron chi connectivity index (χ3n) is 4.25. The van der Waals surface area contributed by atoms with Crippen molar-refractivity contribution < 1.29 is 14.5 Å². The summed E-state index contributed by atoms with van der Waals surface area (Å²) in [7, 11) is -0.947. The highest BCUT2D eigenvalue weighted by atomic mass is 16.5. The van der Waals surface area contributed by atoms with Crippen molar-refractivity contribution >= 4 is 29.4 Å². The number of carbonyl (C=O) groups excluding carboxylic acids is 1. The van der Waals surface area contributed by atoms with Gasteiger partial charge in [-0.1, -0.05) is 24.3 Å². The highest BCUT2D eigenvalue weighted by Gasteiger charge is 2.27. The van der Waals surface area contributed by atoms with Gasteiger partial charge < -0.3 is 15.0 Å². The van der Waals surface area contributed by atoms with Crippen LogP contribution in [-0.2, 0) is 17.8 Å². The monoisotopic (exact) mass is 318 g/mol. The molecule has 118 valence electrons. The number of fused-ring (bicyclic) bond motifs is 2. The Hall–Kier alpha value is -2.70. The molecule has 2 N–H and O–H groups in total. The third-order valence-corrected chi connectivity index (χ3v) is 4.25. The minimum absolute atomic E-state index is 0.183. The van der Waals surface area contributed by atoms with Gasteiger partial charge in [0.15, 0.2) is 0 Å². The Kier molecular flexibility index (Phi) is 3.76. The number of benzene rings is 2. The van der Waals surface area contributed by atoms with Crippen LogP contribution < -0.4 is 10.8 Å². The molecule has 4 rings (SSSR count). The van der Waals surface area contributed by atoms with Crippen LogP contribution >= 0.6 is 0 Å². The first-order chi connectivity index (χ1) is 11.7. The van der Waals surface area contributed by atoms with Gasteiger partial charge in [-0.25, -0.2) is 0 Å². The van der Waals surface area contributed by atoms with Gasteiger partial charge in [0.25, 0.3) is 5.91 Å². The summed E-state index contributed by atoms with van der Waals surface area (Å²) < 4.78 is 5.15. The molecule has 2 aromatic carbocycles. The molecule has 1 aliphatic heterocycles. The first kappa shape index (κ1) is 14.9. The molecule has 0 fully saturated rings. The van der Waals surface area contributed by atoms with Gasteiger partial charge in [0.1, 0.15) is 0 Å². The van der Waals surface area contributed by atoms with Gasteiger partial charge >= 0.3 is 7.12 Å². The highest BCUT2D eigenvalue weighted by molar-refractivity contribution is 6.61. The molecule has 1 aliphatic rings. The molecule has 5 nitrogen and oxygen atoms in total. The van der Waals surface area contributed by atoms with Gasteiger partial charge in [-0.2, -0.15) is 0 Å². The van der Waals surface area contributed by atoms with Gasteiger partial charge in [0, 0.05) is 23.7 Å². The van der Waals surface area contributed by atoms with E-state index in [4.69, 9.17) is 4.65 Å². The van der Waals surface area contributed by atoms with Crippen LogP contribution in [0.2, 0.25) is 0 Å². The molecular weight excluding hydrogens is 303 g/mol. The van der Waals surface area contributed by atoms with Crippen molar-refractivity contribution in [2.45, 2.75) is 13.2 Å². The zero-order chi connectivity index (χ0) is 16.5. The molecule has 0 radical (unpaired) electrons. The van der Waals surface area contributed by atoms with Crippen LogP contribution in [0.25, 0.3) is 10.9 Å². The van der Waals surface area contributed by atoms with Gasteiger partial charge in [-0.3, -0.25) is 9.78 Å². The molecule has 24 heavy (non-hydrogen) atoms. The molecule has 1 amide bonds. The van der Waals surface area contributed by atoms with Crippen molar-refractivity contribution in [3.63, 3.8) is 0 Å². The summed E-state index contributed by atoms with van der Waals surface area (Å²) in [4.78, 5) is 16.7. The Morgan fingerprint density at radius 1 is 1.25 bits per heavy atom. The van der Waals surface area contributed by atoms with Crippen molar-refractivity contribution in [2.75, 3.05) is 0 Å². The number of amides is 1. The van der Waals surface area contributed by atoms with Crippen LogP contribution in [-0.4, -0.2) is 23.0 Å². The molecule has 0 saturated heterocycles. The fourth-order valence-electron chi connectivity index (χ4n) is 2.95. The van der Waals surface area contributed by atoms with E-state index in [1.165, 1.54) is 0 Å². The van der Waals surface area contributed by atoms with Gasteiger partial charge in [-0.05, 0) is 40.9 Å². The van der Waals surface area contributed by atoms with E-state index < -0.39 is 7.12 Å². The second kappa shape index (κ2) is 6.07. The Balaban J connectivity index is 1.53. The van der Waals surface area contributed by atoms with Crippen LogP contribution in [0.1, 0.15) is 21.5 Å². The second-order valence-electron chi connectivity index (χ2n) is 5.75. The molecular formula is C18H15BN2O3. The summed E-state index contributed by atoms with van der Waals surface area (Å²) in [5.74, 6) is -0.183. The lowest BCUT2D eigenvalue weighted by Crippen LogP contribution is -2.30. The molecule has 3 aromatic rings. The molecule has 0 aliphatic carbocycles. The Labute approximate surface area is 139 Å². The van der Waals surface area contributed by atoms with Crippen molar-refractivity contribution in [3.8, 4) is 0 Å². The summed E-state index contributed by atoms with van der Waals surface area (Å²) in [6.45, 7) is 0.791. The smallest absolute Gasteiger partial charge is 0.423 e. The van der Waals surface area contributed by atoms with E-state index in [-0.39, 0.29) is 5.91 Å². The zero-order valence-electron chi connectivity index (χ0n) is 12.9. The van der Waals surface area contributed by atoms with E-state index in [0.717, 1.165) is 22.0 Å². The van der Waals surface area contributed by atoms with Gasteiger partial charge in [0.05, 0.1) is 12.1 Å². The maximum Gasteiger partial charge on any atom is 0.491 e. The number of carbonyl (C=O) groups is 1. The minimum atomic E-state index is -0.947. The first-order valence-corrected chi connectivity index (χ1v) is 7.76. The number of nitrogens with zero attached hydrogens (tertiary/aromatic N) is 1. The van der Waals surface area contributed by atoms with Crippen LogP contribution in [0.3, 0.4) is 0 Å². The molecule has 0 spiro atoms. The Bertz CT molecular complexity index is 924. The molecule has 0 saturated carbocycles. The predicted octanol–water partition coefficient (Wildman–Crippen LogP) is 1.38. The number of pyridine rings is 1. The van der Waals surface area contributed by atoms with Crippen molar-refractivity contribution in [2.24, 2.45) is 0 Å². The topological polar surface area (TPSA) is 71.5 Å². The minimum Gasteiger partial charge on any atom is -0.423 e. The fourth-order valence-corrected chi connectivity index (χ4v) is 2.95. The summed E-state index contributed by atoms with van der Waals surface area (Å²) in [5, 5.41) is 13.7. The molecule has 0 atom stereocenters. The maximum atomic E-state index is 12.4. The summed E-state index contributed by atoms with van der Waals surface area (Å²) in [6.07, 6.45) is 1.75. The summed E-state index contributed by atoms with van der Waals surface area (Å²) in [5.41, 5.74) is 4.01. The van der Waals surface area contributed by atoms with Gasteiger partial charge in [-0.15, -0.1) is 0 Å². The summed E-state index contributed by atoms with van der Waals surface area (Å²) >= 11 is 0. The van der Waals surface area contributed by atoms with E-state index in [1.54, 1.807) is 18.3 Å². The maximum absolute atomic E-state index is 12.4. The lowest BCUT2D eigenvalue weighted by Gasteiger charge is -2.09. The quantitative estimate of drug-likeness (QED) is 0.716. The van der Waals surface area contributed by atoms with Gasteiger partial charge in [0.2, 0.25) is 0 Å². The largest absolute Gasteiger partial charge is 0.491 e. The van der Waals surface area contributed by atoms with Crippen LogP contribution in [0.4, 0.5) is 0 Å². The molecule has 1 aromatic heterocycles. The van der Waals surface area contributed by atoms with E-state index in [2.05, 4.69) is 10.3 Å². The number of nitrogens with one attached hydrogen (secondary N) is 1. The van der Waals surface area contributed by atoms with Crippen molar-refractivity contribution in [1.29, 1.82) is 0 Å². The SMILES string of the molecule is O=C(NCc1cccc2ncccc12)c1ccc2c(c1)B(O)OC2. The normalized spacial score (nSPS) is 13.1. The van der Waals surface area contributed by atoms with Crippen molar-refractivity contribution in [3.05, 3.63) is 71.4 Å². The van der Waals surface area contributed by atoms with Crippen LogP contribution in [0.5, 0.6) is 0 Å². The Morgan fingerprint density at radius 2 is 2.17 bits per heavy atom. The number of hydrogen-bond donors (Lipinski definition) is 2. The van der Waals surface area contributed by atoms with E-state index in [0.29, 0.717) is 24.2 Å². The standard InChI is InChI=1S/C18H15BN2O3/c22-18(12-6-7-14-11-24-19(23)16(14)9-12)21-10-13-3-1-5-17-15(13)4-2-8-20-17/h1-9,23H,10-11H2,(H,21,22). The van der Waals surface area contributed by atoms with E-state index in [9.17, 15) is 9.82 Å². The fraction of sp³-hybridized carbons (Fsp3) is 0.111. The zero-order valence-corrected chi connectivity index (χ0v) is 12.9.